The molecule has 1 N–H and O–H groups in total. The van der Waals surface area contributed by atoms with Crippen molar-refractivity contribution in [3.05, 3.63) is 52.4 Å². The summed E-state index contributed by atoms with van der Waals surface area (Å²) in [5.74, 6) is 0.550. The smallest absolute Gasteiger partial charge is 0.258 e. The molecule has 1 aromatic heterocycles. The first kappa shape index (κ1) is 11.0. The van der Waals surface area contributed by atoms with Gasteiger partial charge in [-0.2, -0.15) is 0 Å². The molecule has 1 aromatic carbocycles. The molecule has 3 nitrogen and oxygen atoms in total. The van der Waals surface area contributed by atoms with E-state index < -0.39 is 0 Å². The Bertz CT molecular complexity index is 519. The zero-order chi connectivity index (χ0) is 11.5. The van der Waals surface area contributed by atoms with Crippen molar-refractivity contribution in [3.63, 3.8) is 0 Å². The fourth-order valence-electron chi connectivity index (χ4n) is 1.33. The lowest BCUT2D eigenvalue weighted by Gasteiger charge is -2.03. The third kappa shape index (κ3) is 2.52. The van der Waals surface area contributed by atoms with Crippen LogP contribution in [0.4, 0.5) is 5.69 Å². The molecule has 0 atom stereocenters. The first-order valence-corrected chi connectivity index (χ1v) is 5.56. The normalized spacial score (nSPS) is 10.1. The highest BCUT2D eigenvalue weighted by Crippen LogP contribution is 2.17. The molecule has 0 saturated heterocycles. The van der Waals surface area contributed by atoms with E-state index in [1.165, 1.54) is 6.26 Å². The van der Waals surface area contributed by atoms with Gasteiger partial charge in [-0.3, -0.25) is 4.79 Å². The van der Waals surface area contributed by atoms with Gasteiger partial charge in [0, 0.05) is 10.2 Å². The average Bonchev–Trinajstić information content (AvgIpc) is 2.65. The van der Waals surface area contributed by atoms with Gasteiger partial charge in [-0.1, -0.05) is 22.0 Å². The quantitative estimate of drug-likeness (QED) is 0.913. The molecular formula is C12H10BrNO2. The number of carbonyl (C=O) groups is 1. The van der Waals surface area contributed by atoms with Crippen molar-refractivity contribution in [1.29, 1.82) is 0 Å². The van der Waals surface area contributed by atoms with Gasteiger partial charge in [0.25, 0.3) is 5.91 Å². The van der Waals surface area contributed by atoms with E-state index in [9.17, 15) is 4.79 Å². The summed E-state index contributed by atoms with van der Waals surface area (Å²) >= 11 is 3.34. The minimum atomic E-state index is -0.171. The number of amides is 1. The molecule has 0 aliphatic heterocycles. The molecular weight excluding hydrogens is 270 g/mol. The van der Waals surface area contributed by atoms with E-state index in [0.29, 0.717) is 5.56 Å². The number of furan rings is 1. The monoisotopic (exact) mass is 279 g/mol. The second-order valence-electron chi connectivity index (χ2n) is 3.41. The molecule has 1 amide bonds. The molecule has 0 fully saturated rings. The van der Waals surface area contributed by atoms with Crippen molar-refractivity contribution in [2.24, 2.45) is 0 Å². The SMILES string of the molecule is Cc1cc(C(=O)Nc2cccc(Br)c2)co1. The predicted molar refractivity (Wildman–Crippen MR) is 65.5 cm³/mol. The Morgan fingerprint density at radius 3 is 2.81 bits per heavy atom. The highest BCUT2D eigenvalue weighted by atomic mass is 79.9. The summed E-state index contributed by atoms with van der Waals surface area (Å²) < 4.78 is 6.00. The fraction of sp³-hybridized carbons (Fsp3) is 0.0833. The van der Waals surface area contributed by atoms with E-state index in [-0.39, 0.29) is 5.91 Å². The van der Waals surface area contributed by atoms with E-state index in [4.69, 9.17) is 4.42 Å². The molecule has 0 aliphatic carbocycles. The Kier molecular flexibility index (Phi) is 3.10. The van der Waals surface area contributed by atoms with E-state index >= 15 is 0 Å². The molecule has 1 heterocycles. The molecule has 2 aromatic rings. The van der Waals surface area contributed by atoms with Crippen LogP contribution in [0.15, 0.2) is 45.5 Å². The van der Waals surface area contributed by atoms with Gasteiger partial charge in [0.1, 0.15) is 12.0 Å². The van der Waals surface area contributed by atoms with Crippen LogP contribution in [-0.4, -0.2) is 5.91 Å². The van der Waals surface area contributed by atoms with Crippen LogP contribution in [-0.2, 0) is 0 Å². The maximum Gasteiger partial charge on any atom is 0.258 e. The summed E-state index contributed by atoms with van der Waals surface area (Å²) in [4.78, 5) is 11.8. The van der Waals surface area contributed by atoms with Gasteiger partial charge in [0.15, 0.2) is 0 Å². The Morgan fingerprint density at radius 2 is 2.19 bits per heavy atom. The van der Waals surface area contributed by atoms with Gasteiger partial charge in [-0.15, -0.1) is 0 Å². The largest absolute Gasteiger partial charge is 0.469 e. The van der Waals surface area contributed by atoms with Crippen LogP contribution in [0.5, 0.6) is 0 Å². The van der Waals surface area contributed by atoms with E-state index in [2.05, 4.69) is 21.2 Å². The molecule has 0 aliphatic rings. The summed E-state index contributed by atoms with van der Waals surface area (Å²) in [6.07, 6.45) is 1.45. The Labute approximate surface area is 102 Å². The molecule has 4 heteroatoms. The van der Waals surface area contributed by atoms with Crippen molar-refractivity contribution < 1.29 is 9.21 Å². The average molecular weight is 280 g/mol. The summed E-state index contributed by atoms with van der Waals surface area (Å²) in [5, 5.41) is 2.78. The number of benzene rings is 1. The second-order valence-corrected chi connectivity index (χ2v) is 4.33. The zero-order valence-corrected chi connectivity index (χ0v) is 10.2. The number of rotatable bonds is 2. The van der Waals surface area contributed by atoms with Gasteiger partial charge in [-0.25, -0.2) is 0 Å². The first-order chi connectivity index (χ1) is 7.65. The number of carbonyl (C=O) groups excluding carboxylic acids is 1. The predicted octanol–water partition coefficient (Wildman–Crippen LogP) is 3.60. The van der Waals surface area contributed by atoms with E-state index in [1.807, 2.05) is 24.3 Å². The lowest BCUT2D eigenvalue weighted by atomic mass is 10.2. The number of nitrogens with one attached hydrogen (secondary N) is 1. The van der Waals surface area contributed by atoms with Crippen LogP contribution in [0.25, 0.3) is 0 Å². The lowest BCUT2D eigenvalue weighted by molar-refractivity contribution is 0.102. The molecule has 0 unspecified atom stereocenters. The van der Waals surface area contributed by atoms with Gasteiger partial charge in [-0.05, 0) is 31.2 Å². The topological polar surface area (TPSA) is 42.2 Å². The number of anilines is 1. The van der Waals surface area contributed by atoms with Crippen LogP contribution in [0.3, 0.4) is 0 Å². The van der Waals surface area contributed by atoms with Crippen LogP contribution in [0, 0.1) is 6.92 Å². The first-order valence-electron chi connectivity index (χ1n) is 4.77. The number of halogens is 1. The number of hydrogen-bond acceptors (Lipinski definition) is 2. The lowest BCUT2D eigenvalue weighted by Crippen LogP contribution is -2.10. The maximum absolute atomic E-state index is 11.8. The van der Waals surface area contributed by atoms with Crippen LogP contribution >= 0.6 is 15.9 Å². The fourth-order valence-corrected chi connectivity index (χ4v) is 1.73. The molecule has 0 saturated carbocycles. The van der Waals surface area contributed by atoms with Crippen LogP contribution < -0.4 is 5.32 Å². The Morgan fingerprint density at radius 1 is 1.38 bits per heavy atom. The van der Waals surface area contributed by atoms with Gasteiger partial charge < -0.3 is 9.73 Å². The zero-order valence-electron chi connectivity index (χ0n) is 8.66. The summed E-state index contributed by atoms with van der Waals surface area (Å²) in [5.41, 5.74) is 1.27. The summed E-state index contributed by atoms with van der Waals surface area (Å²) in [6.45, 7) is 1.80. The molecule has 82 valence electrons. The third-order valence-electron chi connectivity index (χ3n) is 2.08. The second kappa shape index (κ2) is 4.53. The van der Waals surface area contributed by atoms with Crippen LogP contribution in [0.2, 0.25) is 0 Å². The van der Waals surface area contributed by atoms with Gasteiger partial charge >= 0.3 is 0 Å². The molecule has 2 rings (SSSR count). The van der Waals surface area contributed by atoms with E-state index in [1.54, 1.807) is 13.0 Å². The Hall–Kier alpha value is -1.55. The molecule has 0 spiro atoms. The summed E-state index contributed by atoms with van der Waals surface area (Å²) in [7, 11) is 0. The summed E-state index contributed by atoms with van der Waals surface area (Å²) in [6, 6.07) is 9.13. The van der Waals surface area contributed by atoms with Crippen molar-refractivity contribution in [1.82, 2.24) is 0 Å². The minimum absolute atomic E-state index is 0.171. The van der Waals surface area contributed by atoms with Crippen LogP contribution in [0.1, 0.15) is 16.1 Å². The van der Waals surface area contributed by atoms with Crippen molar-refractivity contribution >= 4 is 27.5 Å². The molecule has 0 bridgehead atoms. The highest BCUT2D eigenvalue weighted by molar-refractivity contribution is 9.10. The molecule has 16 heavy (non-hydrogen) atoms. The third-order valence-corrected chi connectivity index (χ3v) is 2.57. The highest BCUT2D eigenvalue weighted by Gasteiger charge is 2.08. The van der Waals surface area contributed by atoms with E-state index in [0.717, 1.165) is 15.9 Å². The Balaban J connectivity index is 2.13. The van der Waals surface area contributed by atoms with Gasteiger partial charge in [0.2, 0.25) is 0 Å². The standard InChI is InChI=1S/C12H10BrNO2/c1-8-5-9(7-16-8)12(15)14-11-4-2-3-10(13)6-11/h2-7H,1H3,(H,14,15). The van der Waals surface area contributed by atoms with Crippen molar-refractivity contribution in [3.8, 4) is 0 Å². The van der Waals surface area contributed by atoms with Crippen molar-refractivity contribution in [2.45, 2.75) is 6.92 Å². The van der Waals surface area contributed by atoms with Gasteiger partial charge in [0.05, 0.1) is 5.56 Å². The van der Waals surface area contributed by atoms with Crippen molar-refractivity contribution in [2.75, 3.05) is 5.32 Å². The minimum Gasteiger partial charge on any atom is -0.469 e. The molecule has 0 radical (unpaired) electrons. The maximum atomic E-state index is 11.8. The number of aryl methyl sites for hydroxylation is 1. The number of hydrogen-bond donors (Lipinski definition) is 1.